The fourth-order valence-corrected chi connectivity index (χ4v) is 2.49. The molecule has 0 aliphatic rings. The first-order valence-corrected chi connectivity index (χ1v) is 8.36. The summed E-state index contributed by atoms with van der Waals surface area (Å²) >= 11 is 0. The molecule has 0 aliphatic heterocycles. The quantitative estimate of drug-likeness (QED) is 0.614. The van der Waals surface area contributed by atoms with Crippen molar-refractivity contribution in [3.63, 3.8) is 0 Å². The first kappa shape index (κ1) is 21.4. The summed E-state index contributed by atoms with van der Waals surface area (Å²) in [6.45, 7) is -0.435. The van der Waals surface area contributed by atoms with Crippen molar-refractivity contribution in [3.8, 4) is 23.3 Å². The van der Waals surface area contributed by atoms with Gasteiger partial charge in [0.2, 0.25) is 0 Å². The Bertz CT molecular complexity index is 920. The molecule has 0 aliphatic carbocycles. The van der Waals surface area contributed by atoms with Crippen LogP contribution in [0.4, 0.5) is 5.69 Å². The third-order valence-electron chi connectivity index (χ3n) is 3.96. The van der Waals surface area contributed by atoms with Crippen LogP contribution >= 0.6 is 0 Å². The molecular formula is C20H19N2O7-. The van der Waals surface area contributed by atoms with Crippen molar-refractivity contribution < 1.29 is 33.6 Å². The highest BCUT2D eigenvalue weighted by molar-refractivity contribution is 5.79. The number of carbonyl (C=O) groups is 2. The van der Waals surface area contributed by atoms with E-state index in [9.17, 15) is 14.7 Å². The summed E-state index contributed by atoms with van der Waals surface area (Å²) in [6.07, 6.45) is 0. The number of nitrogens with one attached hydrogen (secondary N) is 1. The highest BCUT2D eigenvalue weighted by Gasteiger charge is 2.22. The van der Waals surface area contributed by atoms with Crippen molar-refractivity contribution in [2.75, 3.05) is 33.3 Å². The van der Waals surface area contributed by atoms with E-state index in [1.165, 1.54) is 45.6 Å². The Hall–Kier alpha value is -3.93. The molecule has 9 nitrogen and oxygen atoms in total. The predicted octanol–water partition coefficient (Wildman–Crippen LogP) is 1.03. The Morgan fingerprint density at radius 3 is 2.21 bits per heavy atom. The van der Waals surface area contributed by atoms with Gasteiger partial charge in [0.1, 0.15) is 5.75 Å². The van der Waals surface area contributed by atoms with Gasteiger partial charge < -0.3 is 34.2 Å². The van der Waals surface area contributed by atoms with Crippen LogP contribution < -0.4 is 24.6 Å². The highest BCUT2D eigenvalue weighted by Crippen LogP contribution is 2.38. The van der Waals surface area contributed by atoms with Crippen LogP contribution in [0.25, 0.3) is 0 Å². The van der Waals surface area contributed by atoms with E-state index in [1.807, 2.05) is 6.07 Å². The van der Waals surface area contributed by atoms with Gasteiger partial charge in [-0.3, -0.25) is 0 Å². The molecule has 0 amide bonds. The molecule has 0 spiro atoms. The van der Waals surface area contributed by atoms with E-state index in [0.29, 0.717) is 11.3 Å². The monoisotopic (exact) mass is 399 g/mol. The number of benzene rings is 2. The molecule has 2 aromatic carbocycles. The number of esters is 1. The summed E-state index contributed by atoms with van der Waals surface area (Å²) in [6, 6.07) is 9.66. The van der Waals surface area contributed by atoms with Gasteiger partial charge >= 0.3 is 5.97 Å². The van der Waals surface area contributed by atoms with Crippen LogP contribution in [0.1, 0.15) is 17.2 Å². The lowest BCUT2D eigenvalue weighted by atomic mass is 10.0. The van der Waals surface area contributed by atoms with Crippen molar-refractivity contribution in [3.05, 3.63) is 47.5 Å². The summed E-state index contributed by atoms with van der Waals surface area (Å²) in [7, 11) is 4.02. The van der Waals surface area contributed by atoms with Crippen LogP contribution in [0.3, 0.4) is 0 Å². The Morgan fingerprint density at radius 1 is 1.07 bits per heavy atom. The fraction of sp³-hybridized carbons (Fsp3) is 0.250. The molecule has 0 saturated heterocycles. The second kappa shape index (κ2) is 9.85. The molecule has 0 aromatic heterocycles. The number of rotatable bonds is 9. The standard InChI is InChI=1S/C20H20N2O7/c1-26-16-8-14(15(9-17(16)27-2)29-11-18(23)28-3)19(20(24)25)22-13-6-4-12(10-21)5-7-13/h4-9,19,22H,11H2,1-3H3,(H,24,25)/p-1. The highest BCUT2D eigenvalue weighted by atomic mass is 16.6. The largest absolute Gasteiger partial charge is 0.548 e. The maximum atomic E-state index is 11.9. The minimum atomic E-state index is -1.44. The summed E-state index contributed by atoms with van der Waals surface area (Å²) in [5, 5.41) is 23.6. The van der Waals surface area contributed by atoms with E-state index in [2.05, 4.69) is 10.1 Å². The third-order valence-corrected chi connectivity index (χ3v) is 3.96. The zero-order valence-corrected chi connectivity index (χ0v) is 16.1. The van der Waals surface area contributed by atoms with E-state index in [-0.39, 0.29) is 22.8 Å². The Kier molecular flexibility index (Phi) is 7.26. The lowest BCUT2D eigenvalue weighted by molar-refractivity contribution is -0.307. The molecule has 0 fully saturated rings. The lowest BCUT2D eigenvalue weighted by Gasteiger charge is -2.25. The molecule has 0 heterocycles. The lowest BCUT2D eigenvalue weighted by Crippen LogP contribution is -2.34. The summed E-state index contributed by atoms with van der Waals surface area (Å²) < 4.78 is 20.5. The number of carboxylic acids is 1. The smallest absolute Gasteiger partial charge is 0.343 e. The van der Waals surface area contributed by atoms with Gasteiger partial charge in [-0.1, -0.05) is 0 Å². The topological polar surface area (TPSA) is 130 Å². The van der Waals surface area contributed by atoms with Gasteiger partial charge in [0.15, 0.2) is 18.1 Å². The van der Waals surface area contributed by atoms with Gasteiger partial charge in [0, 0.05) is 17.3 Å². The molecule has 1 unspecified atom stereocenters. The SMILES string of the molecule is COC(=O)COc1cc(OC)c(OC)cc1C(Nc1ccc(C#N)cc1)C(=O)[O-]. The number of nitriles is 1. The van der Waals surface area contributed by atoms with Crippen LogP contribution in [0.15, 0.2) is 36.4 Å². The van der Waals surface area contributed by atoms with Gasteiger partial charge in [0.05, 0.1) is 45.0 Å². The summed E-state index contributed by atoms with van der Waals surface area (Å²) in [5.41, 5.74) is 1.01. The van der Waals surface area contributed by atoms with Gasteiger partial charge in [-0.25, -0.2) is 4.79 Å². The molecule has 0 saturated carbocycles. The van der Waals surface area contributed by atoms with Crippen molar-refractivity contribution >= 4 is 17.6 Å². The van der Waals surface area contributed by atoms with Crippen LogP contribution in [0, 0.1) is 11.3 Å². The van der Waals surface area contributed by atoms with E-state index in [0.717, 1.165) is 0 Å². The molecular weight excluding hydrogens is 380 g/mol. The summed E-state index contributed by atoms with van der Waals surface area (Å²) in [4.78, 5) is 23.3. The Morgan fingerprint density at radius 2 is 1.69 bits per heavy atom. The number of anilines is 1. The zero-order valence-electron chi connectivity index (χ0n) is 16.1. The minimum Gasteiger partial charge on any atom is -0.548 e. The number of hydrogen-bond donors (Lipinski definition) is 1. The van der Waals surface area contributed by atoms with Crippen molar-refractivity contribution in [1.29, 1.82) is 5.26 Å². The average Bonchev–Trinajstić information content (AvgIpc) is 2.75. The van der Waals surface area contributed by atoms with E-state index >= 15 is 0 Å². The number of aliphatic carboxylic acids is 1. The fourth-order valence-electron chi connectivity index (χ4n) is 2.49. The maximum absolute atomic E-state index is 11.9. The molecule has 9 heteroatoms. The van der Waals surface area contributed by atoms with Gasteiger partial charge in [-0.05, 0) is 30.3 Å². The molecule has 0 radical (unpaired) electrons. The zero-order chi connectivity index (χ0) is 21.4. The van der Waals surface area contributed by atoms with Crippen LogP contribution in [-0.4, -0.2) is 39.9 Å². The third kappa shape index (κ3) is 5.29. The van der Waals surface area contributed by atoms with Crippen LogP contribution in [0.5, 0.6) is 17.2 Å². The maximum Gasteiger partial charge on any atom is 0.343 e. The molecule has 152 valence electrons. The molecule has 1 N–H and O–H groups in total. The van der Waals surface area contributed by atoms with Crippen LogP contribution in [-0.2, 0) is 14.3 Å². The second-order valence-corrected chi connectivity index (χ2v) is 5.70. The Balaban J connectivity index is 2.47. The number of carbonyl (C=O) groups excluding carboxylic acids is 2. The Labute approximate surface area is 167 Å². The van der Waals surface area contributed by atoms with E-state index in [1.54, 1.807) is 12.1 Å². The normalized spacial score (nSPS) is 11.0. The van der Waals surface area contributed by atoms with Crippen molar-refractivity contribution in [2.24, 2.45) is 0 Å². The van der Waals surface area contributed by atoms with Crippen molar-refractivity contribution in [2.45, 2.75) is 6.04 Å². The predicted molar refractivity (Wildman–Crippen MR) is 99.6 cm³/mol. The molecule has 29 heavy (non-hydrogen) atoms. The van der Waals surface area contributed by atoms with Gasteiger partial charge in [-0.2, -0.15) is 5.26 Å². The number of carboxylic acid groups (broad SMARTS) is 1. The number of methoxy groups -OCH3 is 3. The average molecular weight is 399 g/mol. The first-order chi connectivity index (χ1) is 13.9. The first-order valence-electron chi connectivity index (χ1n) is 8.36. The van der Waals surface area contributed by atoms with E-state index < -0.39 is 24.6 Å². The van der Waals surface area contributed by atoms with Gasteiger partial charge in [0.25, 0.3) is 0 Å². The number of hydrogen-bond acceptors (Lipinski definition) is 9. The van der Waals surface area contributed by atoms with Crippen molar-refractivity contribution in [1.82, 2.24) is 0 Å². The summed E-state index contributed by atoms with van der Waals surface area (Å²) in [5.74, 6) is -1.46. The number of ether oxygens (including phenoxy) is 4. The molecule has 2 rings (SSSR count). The molecule has 1 atom stereocenters. The minimum absolute atomic E-state index is 0.0726. The van der Waals surface area contributed by atoms with E-state index in [4.69, 9.17) is 19.5 Å². The number of nitrogens with zero attached hydrogens (tertiary/aromatic N) is 1. The van der Waals surface area contributed by atoms with Gasteiger partial charge in [-0.15, -0.1) is 0 Å². The second-order valence-electron chi connectivity index (χ2n) is 5.70. The van der Waals surface area contributed by atoms with Crippen LogP contribution in [0.2, 0.25) is 0 Å². The molecule has 2 aromatic rings. The molecule has 0 bridgehead atoms.